The van der Waals surface area contributed by atoms with Crippen molar-refractivity contribution in [1.82, 2.24) is 15.5 Å². The number of anilines is 1. The van der Waals surface area contributed by atoms with Crippen LogP contribution in [0.5, 0.6) is 0 Å². The number of para-hydroxylation sites is 1. The van der Waals surface area contributed by atoms with Gasteiger partial charge in [-0.1, -0.05) is 35.5 Å². The molecule has 7 nitrogen and oxygen atoms in total. The first-order valence-electron chi connectivity index (χ1n) is 9.61. The van der Waals surface area contributed by atoms with Crippen LogP contribution in [-0.2, 0) is 4.79 Å². The Kier molecular flexibility index (Phi) is 5.12. The predicted octanol–water partition coefficient (Wildman–Crippen LogP) is 3.40. The number of nitrogens with one attached hydrogen (secondary N) is 1. The van der Waals surface area contributed by atoms with E-state index in [1.165, 1.54) is 0 Å². The fourth-order valence-corrected chi connectivity index (χ4v) is 3.39. The maximum absolute atomic E-state index is 12.4. The van der Waals surface area contributed by atoms with Crippen LogP contribution in [-0.4, -0.2) is 34.5 Å². The smallest absolute Gasteiger partial charge is 0.251 e. The maximum atomic E-state index is 12.4. The van der Waals surface area contributed by atoms with Crippen LogP contribution < -0.4 is 10.2 Å². The number of amides is 2. The Morgan fingerprint density at radius 2 is 1.97 bits per heavy atom. The monoisotopic (exact) mass is 390 g/mol. The van der Waals surface area contributed by atoms with Gasteiger partial charge in [-0.25, -0.2) is 0 Å². The number of carbonyl (C=O) groups excluding carboxylic acids is 2. The number of hydrogen-bond acceptors (Lipinski definition) is 5. The quantitative estimate of drug-likeness (QED) is 0.721. The molecule has 1 unspecified atom stereocenters. The van der Waals surface area contributed by atoms with Crippen LogP contribution in [0.2, 0.25) is 0 Å². The Hall–Kier alpha value is -3.48. The molecule has 7 heteroatoms. The molecule has 1 aliphatic heterocycles. The molecule has 148 valence electrons. The molecule has 2 heterocycles. The van der Waals surface area contributed by atoms with Crippen molar-refractivity contribution in [2.45, 2.75) is 32.2 Å². The summed E-state index contributed by atoms with van der Waals surface area (Å²) in [4.78, 5) is 30.9. The van der Waals surface area contributed by atoms with Gasteiger partial charge in [-0.2, -0.15) is 4.98 Å². The Bertz CT molecular complexity index is 1030. The van der Waals surface area contributed by atoms with Crippen molar-refractivity contribution in [2.75, 3.05) is 11.4 Å². The zero-order chi connectivity index (χ0) is 20.4. The van der Waals surface area contributed by atoms with Gasteiger partial charge in [-0.15, -0.1) is 0 Å². The van der Waals surface area contributed by atoms with E-state index in [-0.39, 0.29) is 23.8 Å². The first-order chi connectivity index (χ1) is 14.0. The van der Waals surface area contributed by atoms with Crippen molar-refractivity contribution in [2.24, 2.45) is 0 Å². The van der Waals surface area contributed by atoms with Crippen LogP contribution in [0, 0.1) is 0 Å². The summed E-state index contributed by atoms with van der Waals surface area (Å²) in [6.45, 7) is 4.32. The van der Waals surface area contributed by atoms with Crippen molar-refractivity contribution in [3.05, 3.63) is 66.1 Å². The molecule has 1 aromatic heterocycles. The highest BCUT2D eigenvalue weighted by Gasteiger charge is 2.35. The summed E-state index contributed by atoms with van der Waals surface area (Å²) in [5.41, 5.74) is 2.10. The van der Waals surface area contributed by atoms with Gasteiger partial charge in [-0.05, 0) is 38.1 Å². The van der Waals surface area contributed by atoms with Gasteiger partial charge in [-0.3, -0.25) is 9.59 Å². The molecule has 0 radical (unpaired) electrons. The second kappa shape index (κ2) is 7.87. The highest BCUT2D eigenvalue weighted by atomic mass is 16.5. The summed E-state index contributed by atoms with van der Waals surface area (Å²) in [5.74, 6) is 0.573. The van der Waals surface area contributed by atoms with Crippen LogP contribution in [0.25, 0.3) is 11.4 Å². The number of rotatable bonds is 5. The van der Waals surface area contributed by atoms with E-state index >= 15 is 0 Å². The summed E-state index contributed by atoms with van der Waals surface area (Å²) in [7, 11) is 0. The van der Waals surface area contributed by atoms with E-state index in [2.05, 4.69) is 15.5 Å². The standard InChI is InChI=1S/C22H22N4O3/c1-14(2)23-21(28)16-8-6-7-15(11-16)20-24-22(29-25-20)17-12-19(27)26(13-17)18-9-4-3-5-10-18/h3-11,14,17H,12-13H2,1-2H3,(H,23,28). The Morgan fingerprint density at radius 1 is 1.17 bits per heavy atom. The minimum Gasteiger partial charge on any atom is -0.350 e. The highest BCUT2D eigenvalue weighted by Crippen LogP contribution is 2.31. The molecule has 0 aliphatic carbocycles. The molecule has 0 spiro atoms. The number of hydrogen-bond donors (Lipinski definition) is 1. The van der Waals surface area contributed by atoms with Crippen LogP contribution in [0.3, 0.4) is 0 Å². The molecule has 1 atom stereocenters. The topological polar surface area (TPSA) is 88.3 Å². The average Bonchev–Trinajstić information content (AvgIpc) is 3.35. The Balaban J connectivity index is 1.52. The van der Waals surface area contributed by atoms with E-state index in [1.54, 1.807) is 23.1 Å². The third kappa shape index (κ3) is 4.03. The minimum absolute atomic E-state index is 0.0355. The Labute approximate surface area is 168 Å². The zero-order valence-electron chi connectivity index (χ0n) is 16.3. The van der Waals surface area contributed by atoms with Gasteiger partial charge in [0, 0.05) is 35.8 Å². The molecule has 29 heavy (non-hydrogen) atoms. The molecule has 2 aromatic carbocycles. The van der Waals surface area contributed by atoms with Gasteiger partial charge in [0.05, 0.1) is 5.92 Å². The summed E-state index contributed by atoms with van der Waals surface area (Å²) in [5, 5.41) is 6.93. The molecule has 2 amide bonds. The van der Waals surface area contributed by atoms with E-state index < -0.39 is 0 Å². The predicted molar refractivity (Wildman–Crippen MR) is 108 cm³/mol. The molecule has 1 N–H and O–H groups in total. The van der Waals surface area contributed by atoms with Crippen molar-refractivity contribution < 1.29 is 14.1 Å². The zero-order valence-corrected chi connectivity index (χ0v) is 16.3. The van der Waals surface area contributed by atoms with Crippen molar-refractivity contribution in [3.63, 3.8) is 0 Å². The molecule has 0 bridgehead atoms. The number of nitrogens with zero attached hydrogens (tertiary/aromatic N) is 3. The number of benzene rings is 2. The third-order valence-electron chi connectivity index (χ3n) is 4.79. The van der Waals surface area contributed by atoms with Crippen molar-refractivity contribution in [3.8, 4) is 11.4 Å². The second-order valence-electron chi connectivity index (χ2n) is 7.41. The first kappa shape index (κ1) is 18.9. The normalized spacial score (nSPS) is 16.4. The van der Waals surface area contributed by atoms with Crippen LogP contribution in [0.4, 0.5) is 5.69 Å². The minimum atomic E-state index is -0.156. The Morgan fingerprint density at radius 3 is 2.72 bits per heavy atom. The second-order valence-corrected chi connectivity index (χ2v) is 7.41. The molecule has 1 fully saturated rings. The largest absolute Gasteiger partial charge is 0.350 e. The summed E-state index contributed by atoms with van der Waals surface area (Å²) >= 11 is 0. The fraction of sp³-hybridized carbons (Fsp3) is 0.273. The summed E-state index contributed by atoms with van der Waals surface area (Å²) < 4.78 is 5.46. The molecule has 4 rings (SSSR count). The third-order valence-corrected chi connectivity index (χ3v) is 4.79. The number of aromatic nitrogens is 2. The van der Waals surface area contributed by atoms with E-state index in [0.717, 1.165) is 5.69 Å². The van der Waals surface area contributed by atoms with Crippen LogP contribution in [0.15, 0.2) is 59.1 Å². The first-order valence-corrected chi connectivity index (χ1v) is 9.61. The molecule has 3 aromatic rings. The maximum Gasteiger partial charge on any atom is 0.251 e. The molecule has 1 saturated heterocycles. The van der Waals surface area contributed by atoms with Gasteiger partial charge in [0.2, 0.25) is 17.6 Å². The highest BCUT2D eigenvalue weighted by molar-refractivity contribution is 5.96. The summed E-state index contributed by atoms with van der Waals surface area (Å²) in [6, 6.07) is 16.7. The van der Waals surface area contributed by atoms with Gasteiger partial charge in [0.15, 0.2) is 0 Å². The number of carbonyl (C=O) groups is 2. The molecule has 1 aliphatic rings. The van der Waals surface area contributed by atoms with E-state index in [9.17, 15) is 9.59 Å². The van der Waals surface area contributed by atoms with E-state index in [4.69, 9.17) is 4.52 Å². The van der Waals surface area contributed by atoms with Gasteiger partial charge in [0.25, 0.3) is 5.91 Å². The SMILES string of the molecule is CC(C)NC(=O)c1cccc(-c2noc(C3CC(=O)N(c4ccccc4)C3)n2)c1. The van der Waals surface area contributed by atoms with E-state index in [1.807, 2.05) is 50.2 Å². The lowest BCUT2D eigenvalue weighted by molar-refractivity contribution is -0.117. The molecular weight excluding hydrogens is 368 g/mol. The van der Waals surface area contributed by atoms with Gasteiger partial charge in [0.1, 0.15) is 0 Å². The van der Waals surface area contributed by atoms with Gasteiger partial charge < -0.3 is 14.7 Å². The van der Waals surface area contributed by atoms with Crippen LogP contribution >= 0.6 is 0 Å². The van der Waals surface area contributed by atoms with Crippen molar-refractivity contribution >= 4 is 17.5 Å². The van der Waals surface area contributed by atoms with Gasteiger partial charge >= 0.3 is 0 Å². The van der Waals surface area contributed by atoms with Crippen LogP contribution in [0.1, 0.15) is 42.4 Å². The molecule has 0 saturated carbocycles. The summed E-state index contributed by atoms with van der Waals surface area (Å²) in [6.07, 6.45) is 0.327. The lowest BCUT2D eigenvalue weighted by Gasteiger charge is -2.15. The average molecular weight is 390 g/mol. The lowest BCUT2D eigenvalue weighted by atomic mass is 10.1. The van der Waals surface area contributed by atoms with E-state index in [0.29, 0.717) is 35.8 Å². The molecular formula is C22H22N4O3. The fourth-order valence-electron chi connectivity index (χ4n) is 3.39. The van der Waals surface area contributed by atoms with Crippen molar-refractivity contribution in [1.29, 1.82) is 0 Å². The lowest BCUT2D eigenvalue weighted by Crippen LogP contribution is -2.30.